The van der Waals surface area contributed by atoms with Crippen LogP contribution in [0.3, 0.4) is 0 Å². The van der Waals surface area contributed by atoms with Crippen LogP contribution in [0.4, 0.5) is 17.1 Å². The Morgan fingerprint density at radius 1 is 0.466 bits per heavy atom. The Bertz CT molecular complexity index is 3330. The number of nitrogens with zero attached hydrogens (tertiary/aromatic N) is 3. The Kier molecular flexibility index (Phi) is 7.23. The fourth-order valence-corrected chi connectivity index (χ4v) is 8.99. The van der Waals surface area contributed by atoms with Crippen molar-refractivity contribution in [1.29, 1.82) is 0 Å². The summed E-state index contributed by atoms with van der Waals surface area (Å²) in [4.78, 5) is 13.1. The Morgan fingerprint density at radius 2 is 1.19 bits per heavy atom. The number of para-hydroxylation sites is 2. The molecule has 12 rings (SSSR count). The lowest BCUT2D eigenvalue weighted by Crippen LogP contribution is -2.33. The first-order valence-corrected chi connectivity index (χ1v) is 19.7. The summed E-state index contributed by atoms with van der Waals surface area (Å²) in [6.45, 7) is 0. The van der Waals surface area contributed by atoms with Gasteiger partial charge >= 0.3 is 0 Å². The van der Waals surface area contributed by atoms with Crippen molar-refractivity contribution in [2.24, 2.45) is 9.98 Å². The van der Waals surface area contributed by atoms with Crippen molar-refractivity contribution in [2.45, 2.75) is 6.17 Å². The summed E-state index contributed by atoms with van der Waals surface area (Å²) in [6.07, 6.45) is -0.425. The average molecular weight is 743 g/mol. The zero-order valence-electron chi connectivity index (χ0n) is 31.3. The number of amidine groups is 2. The molecular formula is C53H34N4O. The zero-order chi connectivity index (χ0) is 38.2. The molecule has 10 aromatic rings. The van der Waals surface area contributed by atoms with Crippen molar-refractivity contribution in [3.63, 3.8) is 0 Å². The van der Waals surface area contributed by atoms with Crippen LogP contribution in [0.5, 0.6) is 0 Å². The van der Waals surface area contributed by atoms with Crippen LogP contribution < -0.4 is 10.2 Å². The average Bonchev–Trinajstić information content (AvgIpc) is 3.68. The molecule has 2 aliphatic rings. The Morgan fingerprint density at radius 3 is 2.09 bits per heavy atom. The smallest absolute Gasteiger partial charge is 0.159 e. The van der Waals surface area contributed by atoms with E-state index >= 15 is 0 Å². The molecule has 0 bridgehead atoms. The number of fused-ring (bicyclic) bond motifs is 6. The summed E-state index contributed by atoms with van der Waals surface area (Å²) in [5, 5.41) is 10.7. The molecule has 58 heavy (non-hydrogen) atoms. The number of nitrogens with one attached hydrogen (secondary N) is 1. The van der Waals surface area contributed by atoms with Gasteiger partial charge in [-0.15, -0.1) is 0 Å². The Hall–Kier alpha value is -7.76. The molecule has 5 nitrogen and oxygen atoms in total. The molecule has 5 heteroatoms. The molecular weight excluding hydrogens is 709 g/mol. The quantitative estimate of drug-likeness (QED) is 0.191. The highest BCUT2D eigenvalue weighted by Crippen LogP contribution is 2.52. The minimum absolute atomic E-state index is 0.425. The fraction of sp³-hybridized carbons (Fsp3) is 0.0189. The van der Waals surface area contributed by atoms with Gasteiger partial charge in [0.15, 0.2) is 5.84 Å². The predicted molar refractivity (Wildman–Crippen MR) is 240 cm³/mol. The van der Waals surface area contributed by atoms with Gasteiger partial charge in [0.2, 0.25) is 0 Å². The number of furan rings is 1. The van der Waals surface area contributed by atoms with Crippen LogP contribution in [-0.4, -0.2) is 11.7 Å². The minimum atomic E-state index is -0.425. The van der Waals surface area contributed by atoms with Crippen LogP contribution in [-0.2, 0) is 0 Å². The lowest BCUT2D eigenvalue weighted by Gasteiger charge is -2.34. The van der Waals surface area contributed by atoms with Gasteiger partial charge in [-0.2, -0.15) is 0 Å². The number of anilines is 3. The second-order valence-electron chi connectivity index (χ2n) is 15.0. The first kappa shape index (κ1) is 32.5. The van der Waals surface area contributed by atoms with Gasteiger partial charge in [-0.1, -0.05) is 152 Å². The van der Waals surface area contributed by atoms with E-state index in [1.165, 1.54) is 38.4 Å². The molecule has 1 atom stereocenters. The van der Waals surface area contributed by atoms with E-state index in [0.717, 1.165) is 66.9 Å². The van der Waals surface area contributed by atoms with Gasteiger partial charge in [-0.25, -0.2) is 9.98 Å². The van der Waals surface area contributed by atoms with Crippen molar-refractivity contribution in [3.8, 4) is 22.3 Å². The first-order valence-electron chi connectivity index (χ1n) is 19.7. The van der Waals surface area contributed by atoms with E-state index in [1.807, 2.05) is 18.2 Å². The van der Waals surface area contributed by atoms with Crippen molar-refractivity contribution in [1.82, 2.24) is 5.32 Å². The number of hydrogen-bond acceptors (Lipinski definition) is 5. The molecule has 0 aliphatic carbocycles. The van der Waals surface area contributed by atoms with E-state index < -0.39 is 6.17 Å². The molecule has 0 spiro atoms. The van der Waals surface area contributed by atoms with Crippen molar-refractivity contribution < 1.29 is 4.42 Å². The van der Waals surface area contributed by atoms with E-state index in [2.05, 4.69) is 186 Å². The molecule has 0 fully saturated rings. The summed E-state index contributed by atoms with van der Waals surface area (Å²) in [6, 6.07) is 68.7. The molecule has 2 aliphatic heterocycles. The third kappa shape index (κ3) is 5.10. The second-order valence-corrected chi connectivity index (χ2v) is 15.0. The van der Waals surface area contributed by atoms with Crippen molar-refractivity contribution in [2.75, 3.05) is 4.90 Å². The summed E-state index contributed by atoms with van der Waals surface area (Å²) in [5.74, 6) is 1.43. The van der Waals surface area contributed by atoms with Gasteiger partial charge in [0, 0.05) is 44.1 Å². The van der Waals surface area contributed by atoms with Gasteiger partial charge in [-0.05, 0) is 75.3 Å². The molecule has 0 saturated carbocycles. The predicted octanol–water partition coefficient (Wildman–Crippen LogP) is 13.5. The maximum Gasteiger partial charge on any atom is 0.159 e. The highest BCUT2D eigenvalue weighted by molar-refractivity contribution is 6.19. The summed E-state index contributed by atoms with van der Waals surface area (Å²) >= 11 is 0. The van der Waals surface area contributed by atoms with Crippen molar-refractivity contribution >= 4 is 72.2 Å². The standard InChI is InChI=1S/C53H34N4O/c1-3-14-34(15-4-1)39-29-30-45-49-41(39)20-11-21-42(49)40-28-27-37(32-46(40)57(45)38-17-5-2-6-18-38)52-54-51(36-26-25-33-13-7-8-16-35(33)31-36)55-53(56-52)44-22-12-24-48-50(44)43-19-9-10-23-47(43)58-48/h1-32,53H,(H,54,55,56). The largest absolute Gasteiger partial charge is 0.456 e. The molecule has 1 aromatic heterocycles. The Labute approximate surface area is 334 Å². The maximum absolute atomic E-state index is 6.34. The molecule has 1 N–H and O–H groups in total. The third-order valence-corrected chi connectivity index (χ3v) is 11.6. The van der Waals surface area contributed by atoms with Gasteiger partial charge in [0.05, 0.1) is 11.4 Å². The van der Waals surface area contributed by atoms with Gasteiger partial charge < -0.3 is 14.6 Å². The summed E-state index contributed by atoms with van der Waals surface area (Å²) in [7, 11) is 0. The van der Waals surface area contributed by atoms with E-state index in [0.29, 0.717) is 5.84 Å². The molecule has 0 amide bonds. The zero-order valence-corrected chi connectivity index (χ0v) is 31.3. The number of benzene rings is 9. The normalized spacial score (nSPS) is 14.7. The maximum atomic E-state index is 6.34. The summed E-state index contributed by atoms with van der Waals surface area (Å²) in [5.41, 5.74) is 12.8. The van der Waals surface area contributed by atoms with Gasteiger partial charge in [0.25, 0.3) is 0 Å². The highest BCUT2D eigenvalue weighted by atomic mass is 16.3. The lowest BCUT2D eigenvalue weighted by atomic mass is 9.87. The topological polar surface area (TPSA) is 53.1 Å². The second kappa shape index (κ2) is 12.9. The highest BCUT2D eigenvalue weighted by Gasteiger charge is 2.30. The molecule has 272 valence electrons. The number of hydrogen-bond donors (Lipinski definition) is 1. The van der Waals surface area contributed by atoms with Crippen LogP contribution in [0.1, 0.15) is 22.9 Å². The molecule has 1 unspecified atom stereocenters. The molecule has 3 heterocycles. The molecule has 0 radical (unpaired) electrons. The van der Waals surface area contributed by atoms with E-state index in [4.69, 9.17) is 14.4 Å². The molecule has 0 saturated heterocycles. The van der Waals surface area contributed by atoms with E-state index in [1.54, 1.807) is 0 Å². The van der Waals surface area contributed by atoms with E-state index in [-0.39, 0.29) is 0 Å². The van der Waals surface area contributed by atoms with Crippen LogP contribution in [0, 0.1) is 0 Å². The van der Waals surface area contributed by atoms with E-state index in [9.17, 15) is 0 Å². The lowest BCUT2D eigenvalue weighted by molar-refractivity contribution is 0.662. The van der Waals surface area contributed by atoms with Crippen LogP contribution >= 0.6 is 0 Å². The minimum Gasteiger partial charge on any atom is -0.456 e. The fourth-order valence-electron chi connectivity index (χ4n) is 8.99. The monoisotopic (exact) mass is 742 g/mol. The van der Waals surface area contributed by atoms with Crippen molar-refractivity contribution in [3.05, 3.63) is 211 Å². The van der Waals surface area contributed by atoms with Crippen LogP contribution in [0.25, 0.3) is 65.7 Å². The van der Waals surface area contributed by atoms with Crippen LogP contribution in [0.2, 0.25) is 0 Å². The SMILES string of the molecule is c1ccc(-c2ccc3c4c(cccc24)-c2ccc(C4=NC(c5ccc6ccccc6c5)=NC(c5cccc6oc7ccccc7c56)N4)cc2N3c2ccccc2)cc1. The molecule has 9 aromatic carbocycles. The Balaban J connectivity index is 1.06. The van der Waals surface area contributed by atoms with Crippen LogP contribution in [0.15, 0.2) is 209 Å². The first-order chi connectivity index (χ1) is 28.7. The van der Waals surface area contributed by atoms with Gasteiger partial charge in [-0.3, -0.25) is 0 Å². The number of aliphatic imine (C=N–C) groups is 2. The number of rotatable bonds is 5. The third-order valence-electron chi connectivity index (χ3n) is 11.6. The van der Waals surface area contributed by atoms with Gasteiger partial charge in [0.1, 0.15) is 23.2 Å². The summed E-state index contributed by atoms with van der Waals surface area (Å²) < 4.78 is 6.34.